The number of carbonyl (C=O) groups excluding carboxylic acids is 1. The van der Waals surface area contributed by atoms with Crippen LogP contribution >= 0.6 is 22.9 Å². The van der Waals surface area contributed by atoms with E-state index in [4.69, 9.17) is 16.3 Å². The van der Waals surface area contributed by atoms with Crippen LogP contribution in [-0.4, -0.2) is 64.6 Å². The van der Waals surface area contributed by atoms with Crippen molar-refractivity contribution in [3.05, 3.63) is 34.3 Å². The number of hydrogen-bond donors (Lipinski definition) is 3. The standard InChI is InChI=1S/C18H24ClN5O3S/c1-2-16-22-23-18(28-16)21-17(26)20-13(11-25)7-8-24-9-15(10-24)27-14-5-3-12(19)4-6-14/h3-6,13,15,25H,2,7-11H2,1H3,(H2,20,21,23,26). The zero-order chi connectivity index (χ0) is 19.9. The molecule has 152 valence electrons. The van der Waals surface area contributed by atoms with Gasteiger partial charge in [-0.2, -0.15) is 0 Å². The summed E-state index contributed by atoms with van der Waals surface area (Å²) in [6, 6.07) is 6.62. The maximum absolute atomic E-state index is 12.0. The number of hydrogen-bond acceptors (Lipinski definition) is 7. The van der Waals surface area contributed by atoms with Gasteiger partial charge in [0.15, 0.2) is 0 Å². The highest BCUT2D eigenvalue weighted by Gasteiger charge is 2.28. The molecular weight excluding hydrogens is 402 g/mol. The Hall–Kier alpha value is -1.94. The minimum absolute atomic E-state index is 0.123. The number of nitrogens with one attached hydrogen (secondary N) is 2. The zero-order valence-corrected chi connectivity index (χ0v) is 17.2. The molecule has 0 bridgehead atoms. The molecule has 1 fully saturated rings. The molecule has 0 saturated carbocycles. The molecule has 0 aliphatic carbocycles. The van der Waals surface area contributed by atoms with E-state index < -0.39 is 0 Å². The average molecular weight is 426 g/mol. The predicted octanol–water partition coefficient (Wildman–Crippen LogP) is 2.39. The minimum atomic E-state index is -0.384. The van der Waals surface area contributed by atoms with Gasteiger partial charge in [-0.3, -0.25) is 10.2 Å². The lowest BCUT2D eigenvalue weighted by Crippen LogP contribution is -2.55. The van der Waals surface area contributed by atoms with Crippen LogP contribution in [0, 0.1) is 0 Å². The first kappa shape index (κ1) is 20.8. The Morgan fingerprint density at radius 3 is 2.79 bits per heavy atom. The monoisotopic (exact) mass is 425 g/mol. The SMILES string of the molecule is CCc1nnc(NC(=O)NC(CO)CCN2CC(Oc3ccc(Cl)cc3)C2)s1. The molecule has 3 N–H and O–H groups in total. The number of aliphatic hydroxyl groups is 1. The molecule has 10 heteroatoms. The number of nitrogens with zero attached hydrogens (tertiary/aromatic N) is 3. The van der Waals surface area contributed by atoms with Crippen LogP contribution in [0.3, 0.4) is 0 Å². The average Bonchev–Trinajstić information content (AvgIpc) is 3.11. The summed E-state index contributed by atoms with van der Waals surface area (Å²) in [6.07, 6.45) is 1.57. The second kappa shape index (κ2) is 10.0. The highest BCUT2D eigenvalue weighted by Crippen LogP contribution is 2.20. The summed E-state index contributed by atoms with van der Waals surface area (Å²) in [5.41, 5.74) is 0. The van der Waals surface area contributed by atoms with E-state index in [-0.39, 0.29) is 24.8 Å². The second-order valence-corrected chi connectivity index (χ2v) is 8.07. The molecular formula is C18H24ClN5O3S. The van der Waals surface area contributed by atoms with Gasteiger partial charge in [0.25, 0.3) is 0 Å². The predicted molar refractivity (Wildman–Crippen MR) is 109 cm³/mol. The lowest BCUT2D eigenvalue weighted by Gasteiger charge is -2.39. The first-order valence-corrected chi connectivity index (χ1v) is 10.4. The van der Waals surface area contributed by atoms with Gasteiger partial charge in [0.2, 0.25) is 5.13 Å². The summed E-state index contributed by atoms with van der Waals surface area (Å²) in [5.74, 6) is 0.809. The van der Waals surface area contributed by atoms with Crippen LogP contribution in [-0.2, 0) is 6.42 Å². The highest BCUT2D eigenvalue weighted by atomic mass is 35.5. The minimum Gasteiger partial charge on any atom is -0.488 e. The Balaban J connectivity index is 1.34. The number of benzene rings is 1. The van der Waals surface area contributed by atoms with Gasteiger partial charge in [0, 0.05) is 24.7 Å². The molecule has 2 amide bonds. The number of amides is 2. The van der Waals surface area contributed by atoms with E-state index in [0.717, 1.165) is 36.8 Å². The van der Waals surface area contributed by atoms with Gasteiger partial charge in [-0.1, -0.05) is 29.9 Å². The van der Waals surface area contributed by atoms with E-state index in [9.17, 15) is 9.90 Å². The van der Waals surface area contributed by atoms with E-state index >= 15 is 0 Å². The number of halogens is 1. The van der Waals surface area contributed by atoms with Crippen molar-refractivity contribution >= 4 is 34.1 Å². The number of ether oxygens (including phenoxy) is 1. The van der Waals surface area contributed by atoms with Crippen LogP contribution in [0.25, 0.3) is 0 Å². The number of aromatic nitrogens is 2. The van der Waals surface area contributed by atoms with Crippen LogP contribution < -0.4 is 15.4 Å². The van der Waals surface area contributed by atoms with Crippen LogP contribution in [0.1, 0.15) is 18.4 Å². The number of rotatable bonds is 9. The molecule has 2 aromatic rings. The van der Waals surface area contributed by atoms with Gasteiger partial charge in [0.1, 0.15) is 16.9 Å². The Labute approximate surface area is 172 Å². The van der Waals surface area contributed by atoms with E-state index in [1.807, 2.05) is 19.1 Å². The third kappa shape index (κ3) is 6.03. The fraction of sp³-hybridized carbons (Fsp3) is 0.500. The van der Waals surface area contributed by atoms with Crippen molar-refractivity contribution < 1.29 is 14.6 Å². The lowest BCUT2D eigenvalue weighted by atomic mass is 10.1. The number of urea groups is 1. The molecule has 1 aromatic carbocycles. The van der Waals surface area contributed by atoms with Crippen LogP contribution in [0.2, 0.25) is 5.02 Å². The largest absolute Gasteiger partial charge is 0.488 e. The number of anilines is 1. The van der Waals surface area contributed by atoms with Gasteiger partial charge in [-0.05, 0) is 37.1 Å². The molecule has 1 aliphatic heterocycles. The molecule has 1 aliphatic rings. The first-order valence-electron chi connectivity index (χ1n) is 9.21. The number of aryl methyl sites for hydroxylation is 1. The maximum Gasteiger partial charge on any atom is 0.321 e. The van der Waals surface area contributed by atoms with Gasteiger partial charge in [-0.25, -0.2) is 4.79 Å². The second-order valence-electron chi connectivity index (χ2n) is 6.57. The molecule has 8 nitrogen and oxygen atoms in total. The smallest absolute Gasteiger partial charge is 0.321 e. The van der Waals surface area contributed by atoms with Gasteiger partial charge in [-0.15, -0.1) is 10.2 Å². The summed E-state index contributed by atoms with van der Waals surface area (Å²) in [6.45, 7) is 4.26. The topological polar surface area (TPSA) is 99.6 Å². The van der Waals surface area contributed by atoms with Crippen molar-refractivity contribution in [2.75, 3.05) is 31.6 Å². The van der Waals surface area contributed by atoms with Crippen molar-refractivity contribution in [3.8, 4) is 5.75 Å². The molecule has 28 heavy (non-hydrogen) atoms. The number of carbonyl (C=O) groups is 1. The van der Waals surface area contributed by atoms with E-state index in [0.29, 0.717) is 16.6 Å². The van der Waals surface area contributed by atoms with Crippen LogP contribution in [0.15, 0.2) is 24.3 Å². The fourth-order valence-corrected chi connectivity index (χ4v) is 3.60. The summed E-state index contributed by atoms with van der Waals surface area (Å²) >= 11 is 7.21. The van der Waals surface area contributed by atoms with Crippen LogP contribution in [0.5, 0.6) is 5.75 Å². The van der Waals surface area contributed by atoms with Gasteiger partial charge >= 0.3 is 6.03 Å². The summed E-state index contributed by atoms with van der Waals surface area (Å²) < 4.78 is 5.87. The maximum atomic E-state index is 12.0. The molecule has 1 aromatic heterocycles. The van der Waals surface area contributed by atoms with Crippen LogP contribution in [0.4, 0.5) is 9.93 Å². The van der Waals surface area contributed by atoms with E-state index in [1.54, 1.807) is 12.1 Å². The zero-order valence-electron chi connectivity index (χ0n) is 15.6. The molecule has 0 radical (unpaired) electrons. The van der Waals surface area contributed by atoms with Gasteiger partial charge in [0.05, 0.1) is 12.6 Å². The van der Waals surface area contributed by atoms with Crippen molar-refractivity contribution in [1.29, 1.82) is 0 Å². The van der Waals surface area contributed by atoms with Crippen molar-refractivity contribution in [2.24, 2.45) is 0 Å². The Kier molecular flexibility index (Phi) is 7.43. The third-order valence-electron chi connectivity index (χ3n) is 4.38. The summed E-state index contributed by atoms with van der Waals surface area (Å²) in [7, 11) is 0. The molecule has 1 saturated heterocycles. The fourth-order valence-electron chi connectivity index (χ4n) is 2.80. The molecule has 0 spiro atoms. The first-order chi connectivity index (χ1) is 13.6. The van der Waals surface area contributed by atoms with Gasteiger partial charge < -0.3 is 15.2 Å². The summed E-state index contributed by atoms with van der Waals surface area (Å²) in [4.78, 5) is 14.3. The number of aliphatic hydroxyl groups excluding tert-OH is 1. The molecule has 2 heterocycles. The molecule has 1 atom stereocenters. The van der Waals surface area contributed by atoms with E-state index in [2.05, 4.69) is 25.7 Å². The Bertz CT molecular complexity index is 767. The summed E-state index contributed by atoms with van der Waals surface area (Å²) in [5, 5.41) is 24.8. The molecule has 1 unspecified atom stereocenters. The van der Waals surface area contributed by atoms with Crippen molar-refractivity contribution in [3.63, 3.8) is 0 Å². The van der Waals surface area contributed by atoms with E-state index in [1.165, 1.54) is 11.3 Å². The quantitative estimate of drug-likeness (QED) is 0.570. The number of likely N-dealkylation sites (tertiary alicyclic amines) is 1. The normalized spacial score (nSPS) is 15.7. The van der Waals surface area contributed by atoms with Crippen molar-refractivity contribution in [1.82, 2.24) is 20.4 Å². The lowest BCUT2D eigenvalue weighted by molar-refractivity contribution is 0.0168. The third-order valence-corrected chi connectivity index (χ3v) is 5.61. The van der Waals surface area contributed by atoms with Crippen molar-refractivity contribution in [2.45, 2.75) is 31.9 Å². The molecule has 3 rings (SSSR count). The Morgan fingerprint density at radius 2 is 2.14 bits per heavy atom. The highest BCUT2D eigenvalue weighted by molar-refractivity contribution is 7.15. The Morgan fingerprint density at radius 1 is 1.39 bits per heavy atom.